The zero-order valence-corrected chi connectivity index (χ0v) is 12.6. The van der Waals surface area contributed by atoms with E-state index in [9.17, 15) is 5.26 Å². The predicted octanol–water partition coefficient (Wildman–Crippen LogP) is 3.47. The Morgan fingerprint density at radius 3 is 2.76 bits per heavy atom. The van der Waals surface area contributed by atoms with Crippen LogP contribution in [0.5, 0.6) is 5.75 Å². The number of benzene rings is 1. The molecule has 0 aliphatic carbocycles. The van der Waals surface area contributed by atoms with E-state index < -0.39 is 0 Å². The van der Waals surface area contributed by atoms with E-state index in [1.165, 1.54) is 0 Å². The van der Waals surface area contributed by atoms with Gasteiger partial charge >= 0.3 is 0 Å². The highest BCUT2D eigenvalue weighted by Gasteiger charge is 2.17. The molecule has 0 atom stereocenters. The molecule has 21 heavy (non-hydrogen) atoms. The molecule has 0 aliphatic heterocycles. The number of anilines is 1. The number of nitrogen functional groups attached to an aromatic ring is 1. The second-order valence-corrected chi connectivity index (χ2v) is 4.90. The summed E-state index contributed by atoms with van der Waals surface area (Å²) in [5.41, 5.74) is 10.2. The molecule has 0 saturated carbocycles. The molecule has 0 amide bonds. The highest BCUT2D eigenvalue weighted by Crippen LogP contribution is 2.34. The van der Waals surface area contributed by atoms with Gasteiger partial charge in [-0.1, -0.05) is 25.5 Å². The summed E-state index contributed by atoms with van der Waals surface area (Å²) in [6.07, 6.45) is 1.84. The van der Waals surface area contributed by atoms with Crippen molar-refractivity contribution in [3.63, 3.8) is 0 Å². The summed E-state index contributed by atoms with van der Waals surface area (Å²) in [5, 5.41) is 9.47. The lowest BCUT2D eigenvalue weighted by atomic mass is 9.92. The van der Waals surface area contributed by atoms with E-state index >= 15 is 0 Å². The Morgan fingerprint density at radius 2 is 2.14 bits per heavy atom. The highest BCUT2D eigenvalue weighted by atomic mass is 16.5. The number of rotatable bonds is 4. The van der Waals surface area contributed by atoms with E-state index in [4.69, 9.17) is 10.5 Å². The Balaban J connectivity index is 2.78. The number of methoxy groups -OCH3 is 1. The maximum absolute atomic E-state index is 9.47. The zero-order valence-electron chi connectivity index (χ0n) is 12.6. The fraction of sp³-hybridized carbons (Fsp3) is 0.294. The summed E-state index contributed by atoms with van der Waals surface area (Å²) in [6, 6.07) is 9.89. The Labute approximate surface area is 125 Å². The van der Waals surface area contributed by atoms with Crippen LogP contribution in [0.2, 0.25) is 0 Å². The van der Waals surface area contributed by atoms with Crippen LogP contribution >= 0.6 is 0 Å². The molecule has 0 fully saturated rings. The smallest absolute Gasteiger partial charge is 0.142 e. The van der Waals surface area contributed by atoms with E-state index in [2.05, 4.69) is 18.0 Å². The van der Waals surface area contributed by atoms with Crippen LogP contribution in [0.4, 0.5) is 5.82 Å². The number of aromatic nitrogens is 1. The lowest BCUT2D eigenvalue weighted by molar-refractivity contribution is 0.415. The molecule has 108 valence electrons. The molecule has 2 aromatic rings. The third kappa shape index (κ3) is 2.82. The van der Waals surface area contributed by atoms with Crippen molar-refractivity contribution < 1.29 is 4.74 Å². The lowest BCUT2D eigenvalue weighted by Crippen LogP contribution is -2.05. The van der Waals surface area contributed by atoms with E-state index in [0.717, 1.165) is 41.0 Å². The van der Waals surface area contributed by atoms with Gasteiger partial charge in [-0.2, -0.15) is 5.26 Å². The first-order chi connectivity index (χ1) is 10.1. The number of pyridine rings is 1. The normalized spacial score (nSPS) is 10.2. The molecule has 0 spiro atoms. The summed E-state index contributed by atoms with van der Waals surface area (Å²) in [7, 11) is 1.63. The minimum absolute atomic E-state index is 0.285. The first-order valence-corrected chi connectivity index (χ1v) is 6.95. The van der Waals surface area contributed by atoms with Crippen LogP contribution < -0.4 is 10.5 Å². The minimum atomic E-state index is 0.285. The number of ether oxygens (including phenoxy) is 1. The van der Waals surface area contributed by atoms with Gasteiger partial charge in [0, 0.05) is 11.3 Å². The van der Waals surface area contributed by atoms with E-state index in [-0.39, 0.29) is 5.82 Å². The molecule has 0 radical (unpaired) electrons. The summed E-state index contributed by atoms with van der Waals surface area (Å²) in [5.74, 6) is 1.04. The van der Waals surface area contributed by atoms with Crippen molar-refractivity contribution in [3.8, 4) is 22.9 Å². The second-order valence-electron chi connectivity index (χ2n) is 4.90. The highest BCUT2D eigenvalue weighted by molar-refractivity contribution is 5.79. The van der Waals surface area contributed by atoms with Crippen molar-refractivity contribution in [3.05, 3.63) is 41.1 Å². The Morgan fingerprint density at radius 1 is 1.38 bits per heavy atom. The average Bonchev–Trinajstić information content (AvgIpc) is 2.49. The van der Waals surface area contributed by atoms with Gasteiger partial charge in [-0.3, -0.25) is 0 Å². The number of nitrogens with two attached hydrogens (primary N) is 1. The van der Waals surface area contributed by atoms with Crippen molar-refractivity contribution in [1.29, 1.82) is 5.26 Å². The van der Waals surface area contributed by atoms with Gasteiger partial charge in [0.2, 0.25) is 0 Å². The molecule has 1 heterocycles. The van der Waals surface area contributed by atoms with E-state index in [0.29, 0.717) is 5.56 Å². The summed E-state index contributed by atoms with van der Waals surface area (Å²) in [4.78, 5) is 4.32. The average molecular weight is 281 g/mol. The fourth-order valence-corrected chi connectivity index (χ4v) is 2.53. The van der Waals surface area contributed by atoms with Gasteiger partial charge in [-0.15, -0.1) is 0 Å². The van der Waals surface area contributed by atoms with Crippen LogP contribution in [-0.4, -0.2) is 12.1 Å². The SMILES string of the molecule is CCCc1c(C)nc(N)c(C#N)c1-c1cccc(OC)c1. The number of aryl methyl sites for hydroxylation is 1. The molecule has 1 aromatic carbocycles. The van der Waals surface area contributed by atoms with Crippen LogP contribution in [0.1, 0.15) is 30.2 Å². The molecule has 2 N–H and O–H groups in total. The van der Waals surface area contributed by atoms with Crippen LogP contribution in [-0.2, 0) is 6.42 Å². The quantitative estimate of drug-likeness (QED) is 0.931. The van der Waals surface area contributed by atoms with Gasteiger partial charge < -0.3 is 10.5 Å². The maximum atomic E-state index is 9.47. The second kappa shape index (κ2) is 6.27. The molecule has 0 saturated heterocycles. The van der Waals surface area contributed by atoms with Gasteiger partial charge in [-0.25, -0.2) is 4.98 Å². The van der Waals surface area contributed by atoms with Crippen molar-refractivity contribution >= 4 is 5.82 Å². The molecule has 0 unspecified atom stereocenters. The lowest BCUT2D eigenvalue weighted by Gasteiger charge is -2.16. The maximum Gasteiger partial charge on any atom is 0.142 e. The number of nitrogens with zero attached hydrogens (tertiary/aromatic N) is 2. The molecular weight excluding hydrogens is 262 g/mol. The van der Waals surface area contributed by atoms with Crippen LogP contribution in [0.3, 0.4) is 0 Å². The van der Waals surface area contributed by atoms with Crippen molar-refractivity contribution in [2.75, 3.05) is 12.8 Å². The summed E-state index contributed by atoms with van der Waals surface area (Å²) in [6.45, 7) is 4.05. The van der Waals surface area contributed by atoms with Crippen molar-refractivity contribution in [1.82, 2.24) is 4.98 Å². The van der Waals surface area contributed by atoms with E-state index in [1.54, 1.807) is 7.11 Å². The molecule has 4 nitrogen and oxygen atoms in total. The molecule has 1 aromatic heterocycles. The van der Waals surface area contributed by atoms with E-state index in [1.807, 2.05) is 31.2 Å². The third-order valence-electron chi connectivity index (χ3n) is 3.50. The van der Waals surface area contributed by atoms with Gasteiger partial charge in [-0.05, 0) is 36.6 Å². The van der Waals surface area contributed by atoms with Crippen LogP contribution in [0.25, 0.3) is 11.1 Å². The molecule has 2 rings (SSSR count). The van der Waals surface area contributed by atoms with Gasteiger partial charge in [0.25, 0.3) is 0 Å². The van der Waals surface area contributed by atoms with Crippen molar-refractivity contribution in [2.24, 2.45) is 0 Å². The first kappa shape index (κ1) is 14.9. The monoisotopic (exact) mass is 281 g/mol. The standard InChI is InChI=1S/C17H19N3O/c1-4-6-14-11(2)20-17(19)15(10-18)16(14)12-7-5-8-13(9-12)21-3/h5,7-9H,4,6H2,1-3H3,(H2,19,20). The number of hydrogen-bond acceptors (Lipinski definition) is 4. The van der Waals surface area contributed by atoms with Crippen LogP contribution in [0, 0.1) is 18.3 Å². The topological polar surface area (TPSA) is 71.9 Å². The van der Waals surface area contributed by atoms with Crippen molar-refractivity contribution in [2.45, 2.75) is 26.7 Å². The third-order valence-corrected chi connectivity index (χ3v) is 3.50. The number of hydrogen-bond donors (Lipinski definition) is 1. The minimum Gasteiger partial charge on any atom is -0.497 e. The molecule has 0 bridgehead atoms. The molecule has 4 heteroatoms. The molecule has 0 aliphatic rings. The Bertz CT molecular complexity index is 702. The Kier molecular flexibility index (Phi) is 4.44. The van der Waals surface area contributed by atoms with Gasteiger partial charge in [0.1, 0.15) is 23.2 Å². The fourth-order valence-electron chi connectivity index (χ4n) is 2.53. The predicted molar refractivity (Wildman–Crippen MR) is 84.1 cm³/mol. The number of nitriles is 1. The summed E-state index contributed by atoms with van der Waals surface area (Å²) < 4.78 is 5.28. The zero-order chi connectivity index (χ0) is 15.4. The van der Waals surface area contributed by atoms with Crippen LogP contribution in [0.15, 0.2) is 24.3 Å². The van der Waals surface area contributed by atoms with Gasteiger partial charge in [0.05, 0.1) is 7.11 Å². The molecular formula is C17H19N3O. The Hall–Kier alpha value is -2.54. The largest absolute Gasteiger partial charge is 0.497 e. The summed E-state index contributed by atoms with van der Waals surface area (Å²) >= 11 is 0. The first-order valence-electron chi connectivity index (χ1n) is 6.95. The van der Waals surface area contributed by atoms with Gasteiger partial charge in [0.15, 0.2) is 0 Å².